The maximum atomic E-state index is 4.30. The van der Waals surface area contributed by atoms with Crippen LogP contribution < -0.4 is 26.4 Å². The Kier molecular flexibility index (Phi) is 4.29. The number of hydrazine groups is 1. The summed E-state index contributed by atoms with van der Waals surface area (Å²) in [6, 6.07) is 8.72. The number of nitrogens with zero attached hydrogens (tertiary/aromatic N) is 2. The zero-order valence-electron chi connectivity index (χ0n) is 14.7. The third-order valence-corrected chi connectivity index (χ3v) is 4.71. The first-order valence-electron chi connectivity index (χ1n) is 8.74. The van der Waals surface area contributed by atoms with Gasteiger partial charge in [-0.25, -0.2) is 0 Å². The Morgan fingerprint density at radius 1 is 1.04 bits per heavy atom. The molecule has 1 aliphatic heterocycles. The lowest BCUT2D eigenvalue weighted by molar-refractivity contribution is 0.769. The minimum absolute atomic E-state index is 0.891. The Morgan fingerprint density at radius 3 is 2.76 bits per heavy atom. The van der Waals surface area contributed by atoms with Crippen LogP contribution in [0.2, 0.25) is 0 Å². The van der Waals surface area contributed by atoms with Crippen molar-refractivity contribution in [2.75, 3.05) is 56.0 Å². The molecule has 4 N–H and O–H groups in total. The van der Waals surface area contributed by atoms with Crippen molar-refractivity contribution in [3.63, 3.8) is 0 Å². The fourth-order valence-corrected chi connectivity index (χ4v) is 3.47. The number of aromatic nitrogens is 1. The summed E-state index contributed by atoms with van der Waals surface area (Å²) in [6.45, 7) is 3.64. The highest BCUT2D eigenvalue weighted by molar-refractivity contribution is 6.21. The smallest absolute Gasteiger partial charge is 0.0722 e. The highest BCUT2D eigenvalue weighted by Gasteiger charge is 2.24. The van der Waals surface area contributed by atoms with Gasteiger partial charge in [0, 0.05) is 59.3 Å². The molecule has 0 fully saturated rings. The molecule has 6 nitrogen and oxygen atoms in total. The third-order valence-electron chi connectivity index (χ3n) is 4.71. The van der Waals surface area contributed by atoms with Gasteiger partial charge in [-0.3, -0.25) is 15.4 Å². The molecule has 0 bridgehead atoms. The molecule has 1 aromatic heterocycles. The average molecular weight is 336 g/mol. The second-order valence-electron chi connectivity index (χ2n) is 6.30. The van der Waals surface area contributed by atoms with Crippen molar-refractivity contribution >= 4 is 38.6 Å². The molecule has 1 aliphatic rings. The van der Waals surface area contributed by atoms with E-state index in [1.807, 2.05) is 26.5 Å². The molecule has 0 amide bonds. The number of pyridine rings is 1. The van der Waals surface area contributed by atoms with Crippen LogP contribution in [0.25, 0.3) is 21.5 Å². The van der Waals surface area contributed by atoms with E-state index in [1.54, 1.807) is 0 Å². The molecule has 0 spiro atoms. The van der Waals surface area contributed by atoms with Gasteiger partial charge >= 0.3 is 0 Å². The van der Waals surface area contributed by atoms with Crippen LogP contribution in [-0.2, 0) is 0 Å². The van der Waals surface area contributed by atoms with Crippen molar-refractivity contribution in [2.45, 2.75) is 0 Å². The number of likely N-dealkylation sites (N-methyl/N-ethyl adjacent to an activating group) is 2. The first-order chi connectivity index (χ1) is 12.3. The maximum Gasteiger partial charge on any atom is 0.0722 e. The quantitative estimate of drug-likeness (QED) is 0.392. The number of hydrogen-bond acceptors (Lipinski definition) is 6. The first kappa shape index (κ1) is 15.9. The summed E-state index contributed by atoms with van der Waals surface area (Å²) in [7, 11) is 3.95. The zero-order chi connectivity index (χ0) is 17.2. The molecular formula is C19H24N6. The third kappa shape index (κ3) is 2.73. The van der Waals surface area contributed by atoms with Crippen LogP contribution in [0.1, 0.15) is 0 Å². The monoisotopic (exact) mass is 336 g/mol. The average Bonchev–Trinajstić information content (AvgIpc) is 3.02. The van der Waals surface area contributed by atoms with Crippen molar-refractivity contribution in [3.8, 4) is 0 Å². The van der Waals surface area contributed by atoms with Crippen LogP contribution in [0.15, 0.2) is 36.7 Å². The number of fused-ring (bicyclic) bond motifs is 2. The molecule has 3 aromatic rings. The number of benzene rings is 2. The first-order valence-corrected chi connectivity index (χ1v) is 8.74. The molecule has 0 radical (unpaired) electrons. The van der Waals surface area contributed by atoms with Gasteiger partial charge in [-0.2, -0.15) is 0 Å². The molecule has 0 unspecified atom stereocenters. The molecule has 0 saturated carbocycles. The molecule has 25 heavy (non-hydrogen) atoms. The lowest BCUT2D eigenvalue weighted by Gasteiger charge is -2.20. The minimum atomic E-state index is 0.891. The normalized spacial score (nSPS) is 12.8. The molecule has 130 valence electrons. The number of nitrogens with one attached hydrogen (secondary N) is 4. The molecule has 0 saturated heterocycles. The summed E-state index contributed by atoms with van der Waals surface area (Å²) in [5.41, 5.74) is 7.18. The Bertz CT molecular complexity index is 907. The highest BCUT2D eigenvalue weighted by atomic mass is 15.5. The van der Waals surface area contributed by atoms with E-state index < -0.39 is 0 Å². The summed E-state index contributed by atoms with van der Waals surface area (Å²) < 4.78 is 0. The van der Waals surface area contributed by atoms with Crippen LogP contribution in [0.5, 0.6) is 0 Å². The Balaban J connectivity index is 1.87. The van der Waals surface area contributed by atoms with Crippen molar-refractivity contribution < 1.29 is 0 Å². The van der Waals surface area contributed by atoms with Crippen molar-refractivity contribution in [3.05, 3.63) is 36.7 Å². The second-order valence-corrected chi connectivity index (χ2v) is 6.30. The van der Waals surface area contributed by atoms with Crippen LogP contribution in [0.3, 0.4) is 0 Å². The van der Waals surface area contributed by atoms with Gasteiger partial charge in [-0.15, -0.1) is 0 Å². The van der Waals surface area contributed by atoms with E-state index >= 15 is 0 Å². The largest absolute Gasteiger partial charge is 0.383 e. The van der Waals surface area contributed by atoms with Gasteiger partial charge in [0.05, 0.1) is 17.9 Å². The molecule has 0 aliphatic carbocycles. The Labute approximate surface area is 147 Å². The SMILES string of the molecule is CNCCNc1ccc2c3c(c4ccncc4cc13)NN2CCNC. The number of anilines is 3. The van der Waals surface area contributed by atoms with Crippen LogP contribution in [-0.4, -0.2) is 45.3 Å². The number of hydrogen-bond donors (Lipinski definition) is 4. The van der Waals surface area contributed by atoms with Gasteiger partial charge in [0.1, 0.15) is 0 Å². The van der Waals surface area contributed by atoms with E-state index in [2.05, 4.69) is 55.6 Å². The molecule has 2 aromatic carbocycles. The Morgan fingerprint density at radius 2 is 1.92 bits per heavy atom. The van der Waals surface area contributed by atoms with Gasteiger partial charge in [0.25, 0.3) is 0 Å². The van der Waals surface area contributed by atoms with Gasteiger partial charge < -0.3 is 16.0 Å². The molecule has 0 atom stereocenters. The zero-order valence-corrected chi connectivity index (χ0v) is 14.7. The van der Waals surface area contributed by atoms with Gasteiger partial charge in [0.15, 0.2) is 0 Å². The summed E-state index contributed by atoms with van der Waals surface area (Å²) >= 11 is 0. The van der Waals surface area contributed by atoms with E-state index in [0.29, 0.717) is 0 Å². The fourth-order valence-electron chi connectivity index (χ4n) is 3.47. The van der Waals surface area contributed by atoms with E-state index in [-0.39, 0.29) is 0 Å². The van der Waals surface area contributed by atoms with E-state index in [1.165, 1.54) is 33.2 Å². The van der Waals surface area contributed by atoms with E-state index in [9.17, 15) is 0 Å². The molecule has 2 heterocycles. The van der Waals surface area contributed by atoms with E-state index in [0.717, 1.165) is 31.6 Å². The summed E-state index contributed by atoms with van der Waals surface area (Å²) in [6.07, 6.45) is 3.80. The second kappa shape index (κ2) is 6.74. The maximum absolute atomic E-state index is 4.30. The lowest BCUT2D eigenvalue weighted by Crippen LogP contribution is -2.32. The predicted octanol–water partition coefficient (Wildman–Crippen LogP) is 2.39. The molecule has 6 heteroatoms. The van der Waals surface area contributed by atoms with Gasteiger partial charge in [-0.05, 0) is 38.4 Å². The minimum Gasteiger partial charge on any atom is -0.383 e. The Hall–Kier alpha value is -2.57. The van der Waals surface area contributed by atoms with Crippen molar-refractivity contribution in [1.29, 1.82) is 0 Å². The highest BCUT2D eigenvalue weighted by Crippen LogP contribution is 2.45. The van der Waals surface area contributed by atoms with Crippen molar-refractivity contribution in [2.24, 2.45) is 0 Å². The molecular weight excluding hydrogens is 312 g/mol. The summed E-state index contributed by atoms with van der Waals surface area (Å²) in [5.74, 6) is 0. The summed E-state index contributed by atoms with van der Waals surface area (Å²) in [4.78, 5) is 4.30. The van der Waals surface area contributed by atoms with Crippen LogP contribution >= 0.6 is 0 Å². The summed E-state index contributed by atoms with van der Waals surface area (Å²) in [5, 5.41) is 17.1. The van der Waals surface area contributed by atoms with E-state index in [4.69, 9.17) is 0 Å². The predicted molar refractivity (Wildman–Crippen MR) is 107 cm³/mol. The lowest BCUT2D eigenvalue weighted by atomic mass is 10.0. The standard InChI is InChI=1S/C19H24N6/c1-20-7-8-23-16-3-4-17-18-15(16)11-13-12-22-6-5-14(13)19(18)24-25(17)10-9-21-2/h3-6,11-12,20-21,23-24H,7-10H2,1-2H3. The fraction of sp³-hybridized carbons (Fsp3) is 0.316. The van der Waals surface area contributed by atoms with Gasteiger partial charge in [0.2, 0.25) is 0 Å². The number of rotatable bonds is 7. The molecule has 4 rings (SSSR count). The van der Waals surface area contributed by atoms with Crippen LogP contribution in [0, 0.1) is 0 Å². The van der Waals surface area contributed by atoms with Crippen molar-refractivity contribution in [1.82, 2.24) is 15.6 Å². The van der Waals surface area contributed by atoms with Gasteiger partial charge in [-0.1, -0.05) is 0 Å². The topological polar surface area (TPSA) is 64.2 Å². The van der Waals surface area contributed by atoms with Crippen LogP contribution in [0.4, 0.5) is 17.1 Å².